The number of hydrogen-bond donors (Lipinski definition) is 0. The number of thiophene rings is 1. The summed E-state index contributed by atoms with van der Waals surface area (Å²) in [6.45, 7) is 8.02. The first-order chi connectivity index (χ1) is 12.3. The molecule has 1 aliphatic rings. The van der Waals surface area contributed by atoms with Gasteiger partial charge in [0.15, 0.2) is 0 Å². The van der Waals surface area contributed by atoms with Crippen molar-refractivity contribution in [3.05, 3.63) is 59.1 Å². The summed E-state index contributed by atoms with van der Waals surface area (Å²) in [6, 6.07) is 10.2. The molecule has 4 heterocycles. The molecule has 130 valence electrons. The average Bonchev–Trinajstić information content (AvgIpc) is 3.28. The summed E-state index contributed by atoms with van der Waals surface area (Å²) >= 11 is 1.66. The molecule has 1 saturated heterocycles. The van der Waals surface area contributed by atoms with Gasteiger partial charge in [0.05, 0.1) is 16.3 Å². The number of rotatable bonds is 5. The smallest absolute Gasteiger partial charge is 0.236 e. The number of pyridine rings is 1. The topological polar surface area (TPSA) is 45.4 Å². The van der Waals surface area contributed by atoms with E-state index in [0.717, 1.165) is 67.2 Å². The van der Waals surface area contributed by atoms with Crippen LogP contribution in [0.5, 0.6) is 0 Å². The lowest BCUT2D eigenvalue weighted by Gasteiger charge is -2.34. The average molecular weight is 354 g/mol. The minimum Gasteiger partial charge on any atom is -0.440 e. The Balaban J connectivity index is 1.33. The van der Waals surface area contributed by atoms with Gasteiger partial charge in [-0.25, -0.2) is 4.98 Å². The lowest BCUT2D eigenvalue weighted by molar-refractivity contribution is 0.120. The Hall–Kier alpha value is -2.02. The number of oxazole rings is 1. The Morgan fingerprint density at radius 2 is 1.84 bits per heavy atom. The summed E-state index contributed by atoms with van der Waals surface area (Å²) in [7, 11) is 0. The Morgan fingerprint density at radius 1 is 1.04 bits per heavy atom. The van der Waals surface area contributed by atoms with Crippen LogP contribution >= 0.6 is 11.3 Å². The molecule has 1 aliphatic heterocycles. The van der Waals surface area contributed by atoms with Crippen LogP contribution in [0.25, 0.3) is 10.8 Å². The van der Waals surface area contributed by atoms with E-state index < -0.39 is 0 Å². The Kier molecular flexibility index (Phi) is 4.92. The minimum absolute atomic E-state index is 0.747. The van der Waals surface area contributed by atoms with E-state index in [4.69, 9.17) is 9.40 Å². The third kappa shape index (κ3) is 3.98. The van der Waals surface area contributed by atoms with Crippen molar-refractivity contribution >= 4 is 11.3 Å². The highest BCUT2D eigenvalue weighted by molar-refractivity contribution is 7.13. The maximum Gasteiger partial charge on any atom is 0.236 e. The van der Waals surface area contributed by atoms with Crippen LogP contribution < -0.4 is 0 Å². The van der Waals surface area contributed by atoms with Gasteiger partial charge in [0.25, 0.3) is 0 Å². The highest BCUT2D eigenvalue weighted by Crippen LogP contribution is 2.26. The van der Waals surface area contributed by atoms with Gasteiger partial charge >= 0.3 is 0 Å². The molecule has 0 aliphatic carbocycles. The zero-order valence-electron chi connectivity index (χ0n) is 14.4. The largest absolute Gasteiger partial charge is 0.440 e. The molecule has 0 unspecified atom stereocenters. The van der Waals surface area contributed by atoms with Gasteiger partial charge in [-0.1, -0.05) is 12.1 Å². The third-order valence-corrected chi connectivity index (χ3v) is 5.43. The molecule has 0 aromatic carbocycles. The molecule has 0 bridgehead atoms. The van der Waals surface area contributed by atoms with E-state index in [1.54, 1.807) is 11.3 Å². The fraction of sp³-hybridized carbons (Fsp3) is 0.368. The van der Waals surface area contributed by atoms with E-state index in [1.807, 2.05) is 25.3 Å². The zero-order chi connectivity index (χ0) is 17.1. The Labute approximate surface area is 151 Å². The van der Waals surface area contributed by atoms with Gasteiger partial charge in [0, 0.05) is 45.5 Å². The molecule has 3 aromatic rings. The van der Waals surface area contributed by atoms with Crippen LogP contribution in [0.15, 0.2) is 46.3 Å². The monoisotopic (exact) mass is 354 g/mol. The number of hydrogen-bond acceptors (Lipinski definition) is 6. The van der Waals surface area contributed by atoms with Crippen LogP contribution in [0.3, 0.4) is 0 Å². The highest BCUT2D eigenvalue weighted by atomic mass is 32.1. The predicted octanol–water partition coefficient (Wildman–Crippen LogP) is 3.42. The van der Waals surface area contributed by atoms with Crippen LogP contribution in [0.2, 0.25) is 0 Å². The molecule has 5 nitrogen and oxygen atoms in total. The summed E-state index contributed by atoms with van der Waals surface area (Å²) in [5.41, 5.74) is 2.20. The summed E-state index contributed by atoms with van der Waals surface area (Å²) in [6.07, 6.45) is 1.87. The standard InChI is InChI=1S/C19H22N4OS/c1-15-17(21-19(24-15)18-6-4-12-25-18)14-23-10-8-22(9-11-23)13-16-5-2-3-7-20-16/h2-7,12H,8-11,13-14H2,1H3. The molecule has 4 rings (SSSR count). The molecule has 25 heavy (non-hydrogen) atoms. The second-order valence-electron chi connectivity index (χ2n) is 6.37. The van der Waals surface area contributed by atoms with Crippen LogP contribution in [0.4, 0.5) is 0 Å². The first kappa shape index (κ1) is 16.4. The third-order valence-electron chi connectivity index (χ3n) is 4.57. The maximum absolute atomic E-state index is 5.85. The van der Waals surface area contributed by atoms with E-state index >= 15 is 0 Å². The zero-order valence-corrected chi connectivity index (χ0v) is 15.2. The van der Waals surface area contributed by atoms with Crippen molar-refractivity contribution in [2.75, 3.05) is 26.2 Å². The minimum atomic E-state index is 0.747. The molecule has 0 saturated carbocycles. The van der Waals surface area contributed by atoms with Crippen LogP contribution in [-0.4, -0.2) is 45.9 Å². The van der Waals surface area contributed by atoms with Crippen molar-refractivity contribution in [2.24, 2.45) is 0 Å². The Morgan fingerprint density at radius 3 is 2.52 bits per heavy atom. The van der Waals surface area contributed by atoms with E-state index in [2.05, 4.69) is 38.4 Å². The first-order valence-corrected chi connectivity index (χ1v) is 9.51. The van der Waals surface area contributed by atoms with E-state index in [1.165, 1.54) is 0 Å². The summed E-state index contributed by atoms with van der Waals surface area (Å²) in [4.78, 5) is 15.1. The number of nitrogens with zero attached hydrogens (tertiary/aromatic N) is 4. The van der Waals surface area contributed by atoms with Gasteiger partial charge in [-0.05, 0) is 30.5 Å². The number of piperazine rings is 1. The quantitative estimate of drug-likeness (QED) is 0.702. The summed E-state index contributed by atoms with van der Waals surface area (Å²) < 4.78 is 5.85. The van der Waals surface area contributed by atoms with E-state index in [-0.39, 0.29) is 0 Å². The van der Waals surface area contributed by atoms with Gasteiger partial charge in [-0.15, -0.1) is 11.3 Å². The molecule has 6 heteroatoms. The predicted molar refractivity (Wildman–Crippen MR) is 99.3 cm³/mol. The molecule has 0 radical (unpaired) electrons. The molecule has 0 spiro atoms. The van der Waals surface area contributed by atoms with Gasteiger partial charge in [-0.3, -0.25) is 14.8 Å². The van der Waals surface area contributed by atoms with Crippen LogP contribution in [-0.2, 0) is 13.1 Å². The van der Waals surface area contributed by atoms with Gasteiger partial charge < -0.3 is 4.42 Å². The van der Waals surface area contributed by atoms with E-state index in [0.29, 0.717) is 0 Å². The highest BCUT2D eigenvalue weighted by Gasteiger charge is 2.20. The summed E-state index contributed by atoms with van der Waals surface area (Å²) in [5.74, 6) is 1.68. The number of aryl methyl sites for hydroxylation is 1. The molecular weight excluding hydrogens is 332 g/mol. The van der Waals surface area contributed by atoms with Crippen molar-refractivity contribution in [3.8, 4) is 10.8 Å². The first-order valence-electron chi connectivity index (χ1n) is 8.63. The lowest BCUT2D eigenvalue weighted by atomic mass is 10.2. The molecule has 0 amide bonds. The lowest BCUT2D eigenvalue weighted by Crippen LogP contribution is -2.45. The van der Waals surface area contributed by atoms with Gasteiger partial charge in [0.2, 0.25) is 5.89 Å². The molecule has 0 atom stereocenters. The fourth-order valence-corrected chi connectivity index (χ4v) is 3.77. The van der Waals surface area contributed by atoms with Crippen molar-refractivity contribution < 1.29 is 4.42 Å². The second-order valence-corrected chi connectivity index (χ2v) is 7.32. The van der Waals surface area contributed by atoms with Gasteiger partial charge in [-0.2, -0.15) is 0 Å². The van der Waals surface area contributed by atoms with Crippen LogP contribution in [0, 0.1) is 6.92 Å². The number of aromatic nitrogens is 2. The molecule has 0 N–H and O–H groups in total. The SMILES string of the molecule is Cc1oc(-c2cccs2)nc1CN1CCN(Cc2ccccn2)CC1. The molecule has 3 aromatic heterocycles. The normalized spacial score (nSPS) is 16.4. The van der Waals surface area contributed by atoms with Crippen molar-refractivity contribution in [2.45, 2.75) is 20.0 Å². The molecular formula is C19H22N4OS. The van der Waals surface area contributed by atoms with Crippen molar-refractivity contribution in [1.29, 1.82) is 0 Å². The Bertz CT molecular complexity index is 792. The van der Waals surface area contributed by atoms with Crippen molar-refractivity contribution in [3.63, 3.8) is 0 Å². The molecule has 1 fully saturated rings. The second kappa shape index (κ2) is 7.47. The maximum atomic E-state index is 5.85. The van der Waals surface area contributed by atoms with Crippen LogP contribution in [0.1, 0.15) is 17.1 Å². The summed E-state index contributed by atoms with van der Waals surface area (Å²) in [5, 5.41) is 2.05. The van der Waals surface area contributed by atoms with E-state index in [9.17, 15) is 0 Å². The van der Waals surface area contributed by atoms with Gasteiger partial charge in [0.1, 0.15) is 5.76 Å². The fourth-order valence-electron chi connectivity index (χ4n) is 3.12. The van der Waals surface area contributed by atoms with Crippen molar-refractivity contribution in [1.82, 2.24) is 19.8 Å².